The molecule has 0 saturated heterocycles. The molecule has 1 heterocycles. The van der Waals surface area contributed by atoms with Crippen LogP contribution in [0.25, 0.3) is 0 Å². The predicted octanol–water partition coefficient (Wildman–Crippen LogP) is 2.81. The van der Waals surface area contributed by atoms with Gasteiger partial charge in [-0.05, 0) is 0 Å². The minimum absolute atomic E-state index is 0.0385. The summed E-state index contributed by atoms with van der Waals surface area (Å²) in [4.78, 5) is 0. The monoisotopic (exact) mass is 430 g/mol. The Morgan fingerprint density at radius 2 is 1.83 bits per heavy atom. The molecule has 24 heavy (non-hydrogen) atoms. The van der Waals surface area contributed by atoms with Gasteiger partial charge in [-0.25, -0.2) is 0 Å². The number of hydrogen-bond acceptors (Lipinski definition) is 4. The van der Waals surface area contributed by atoms with Crippen LogP contribution in [0.15, 0.2) is 42.4 Å². The molecule has 134 valence electrons. The zero-order valence-electron chi connectivity index (χ0n) is 13.0. The van der Waals surface area contributed by atoms with E-state index in [0.29, 0.717) is 5.32 Å². The van der Waals surface area contributed by atoms with Crippen LogP contribution in [0.3, 0.4) is 0 Å². The molecule has 2 rings (SSSR count). The molecule has 0 radical (unpaired) electrons. The van der Waals surface area contributed by atoms with E-state index in [1.54, 1.807) is 6.92 Å². The second-order valence-corrected chi connectivity index (χ2v) is 9.27. The Bertz CT molecular complexity index is 688. The van der Waals surface area contributed by atoms with Crippen molar-refractivity contribution >= 4 is 29.5 Å². The molecule has 0 N–H and O–H groups in total. The van der Waals surface area contributed by atoms with Crippen LogP contribution in [0.5, 0.6) is 0 Å². The summed E-state index contributed by atoms with van der Waals surface area (Å²) in [7, 11) is -5.72. The van der Waals surface area contributed by atoms with Gasteiger partial charge in [0, 0.05) is 0 Å². The van der Waals surface area contributed by atoms with Gasteiger partial charge in [-0.2, -0.15) is 0 Å². The van der Waals surface area contributed by atoms with Gasteiger partial charge in [-0.3, -0.25) is 0 Å². The first kappa shape index (κ1) is 19.1. The Balaban J connectivity index is 2.12. The molecule has 1 aromatic carbocycles. The number of halogens is 3. The Morgan fingerprint density at radius 3 is 2.42 bits per heavy atom. The molecular weight excluding hydrogens is 412 g/mol. The summed E-state index contributed by atoms with van der Waals surface area (Å²) < 4.78 is 70.0. The SMILES string of the molecule is C[C@@H]1[C@H](C[Se]c2ccccc2)C=C(OS(=O)(=O)C(F)(F)F)O[C@@H]1C. The molecule has 0 aliphatic carbocycles. The molecule has 1 aromatic rings. The van der Waals surface area contributed by atoms with Crippen molar-refractivity contribution in [3.05, 3.63) is 42.4 Å². The van der Waals surface area contributed by atoms with Gasteiger partial charge in [0.1, 0.15) is 0 Å². The van der Waals surface area contributed by atoms with Crippen LogP contribution in [0.1, 0.15) is 13.8 Å². The standard InChI is InChI=1S/C15H17F3O4SSe/c1-10-11(2)21-14(22-23(19,20)15(16,17)18)8-12(10)9-24-13-6-4-3-5-7-13/h3-8,10-12H,9H2,1-2H3/t10-,11+,12-/m0/s1. The van der Waals surface area contributed by atoms with Gasteiger partial charge in [0.05, 0.1) is 0 Å². The topological polar surface area (TPSA) is 52.6 Å². The van der Waals surface area contributed by atoms with Crippen LogP contribution < -0.4 is 4.46 Å². The molecule has 0 saturated carbocycles. The van der Waals surface area contributed by atoms with Gasteiger partial charge in [-0.1, -0.05) is 0 Å². The van der Waals surface area contributed by atoms with Crippen molar-refractivity contribution < 1.29 is 30.5 Å². The first-order chi connectivity index (χ1) is 11.1. The Labute approximate surface area is 145 Å². The molecule has 1 aliphatic heterocycles. The van der Waals surface area contributed by atoms with E-state index in [-0.39, 0.29) is 26.8 Å². The molecular formula is C15H17F3O4SSe. The quantitative estimate of drug-likeness (QED) is 0.411. The molecule has 0 unspecified atom stereocenters. The predicted molar refractivity (Wildman–Crippen MR) is 84.0 cm³/mol. The zero-order chi connectivity index (χ0) is 18.0. The van der Waals surface area contributed by atoms with Crippen LogP contribution >= 0.6 is 0 Å². The first-order valence-corrected chi connectivity index (χ1v) is 10.6. The molecule has 0 aromatic heterocycles. The van der Waals surface area contributed by atoms with E-state index in [0.717, 1.165) is 4.46 Å². The maximum atomic E-state index is 12.4. The third kappa shape index (κ3) is 4.68. The van der Waals surface area contributed by atoms with Crippen molar-refractivity contribution in [3.63, 3.8) is 0 Å². The Kier molecular flexibility index (Phi) is 5.88. The van der Waals surface area contributed by atoms with Gasteiger partial charge >= 0.3 is 145 Å². The summed E-state index contributed by atoms with van der Waals surface area (Å²) in [6, 6.07) is 9.73. The number of rotatable bonds is 5. The normalized spacial score (nSPS) is 24.9. The second kappa shape index (κ2) is 7.37. The second-order valence-electron chi connectivity index (χ2n) is 5.44. The summed E-state index contributed by atoms with van der Waals surface area (Å²) in [6.07, 6.45) is 0.906. The number of allylic oxidation sites excluding steroid dienone is 1. The fourth-order valence-electron chi connectivity index (χ4n) is 2.12. The van der Waals surface area contributed by atoms with E-state index >= 15 is 0 Å². The molecule has 9 heteroatoms. The zero-order valence-corrected chi connectivity index (χ0v) is 15.5. The Hall–Kier alpha value is -1.18. The van der Waals surface area contributed by atoms with Crippen molar-refractivity contribution in [3.8, 4) is 0 Å². The molecule has 0 spiro atoms. The summed E-state index contributed by atoms with van der Waals surface area (Å²) in [5.41, 5.74) is -5.48. The van der Waals surface area contributed by atoms with Gasteiger partial charge in [0.25, 0.3) is 0 Å². The van der Waals surface area contributed by atoms with E-state index in [9.17, 15) is 21.6 Å². The van der Waals surface area contributed by atoms with Crippen LogP contribution in [0, 0.1) is 11.8 Å². The third-order valence-corrected chi connectivity index (χ3v) is 7.11. The summed E-state index contributed by atoms with van der Waals surface area (Å²) in [5.74, 6) is -0.671. The molecule has 1 aliphatic rings. The van der Waals surface area contributed by atoms with E-state index in [4.69, 9.17) is 4.74 Å². The van der Waals surface area contributed by atoms with Crippen LogP contribution in [-0.4, -0.2) is 35.0 Å². The molecule has 0 bridgehead atoms. The Morgan fingerprint density at radius 1 is 1.21 bits per heavy atom. The van der Waals surface area contributed by atoms with Crippen molar-refractivity contribution in [2.24, 2.45) is 11.8 Å². The van der Waals surface area contributed by atoms with E-state index in [2.05, 4.69) is 4.18 Å². The van der Waals surface area contributed by atoms with E-state index in [1.807, 2.05) is 37.3 Å². The number of benzene rings is 1. The maximum absolute atomic E-state index is 12.4. The van der Waals surface area contributed by atoms with Crippen LogP contribution in [0.4, 0.5) is 13.2 Å². The molecule has 0 amide bonds. The van der Waals surface area contributed by atoms with Crippen molar-refractivity contribution in [2.75, 3.05) is 0 Å². The average Bonchev–Trinajstić information content (AvgIpc) is 2.49. The third-order valence-electron chi connectivity index (χ3n) is 3.73. The van der Waals surface area contributed by atoms with E-state index < -0.39 is 27.7 Å². The molecule has 4 nitrogen and oxygen atoms in total. The number of hydrogen-bond donors (Lipinski definition) is 0. The van der Waals surface area contributed by atoms with Crippen molar-refractivity contribution in [2.45, 2.75) is 30.8 Å². The average molecular weight is 429 g/mol. The number of ether oxygens (including phenoxy) is 1. The van der Waals surface area contributed by atoms with Gasteiger partial charge in [0.2, 0.25) is 0 Å². The van der Waals surface area contributed by atoms with Gasteiger partial charge in [-0.15, -0.1) is 0 Å². The fourth-order valence-corrected chi connectivity index (χ4v) is 4.90. The van der Waals surface area contributed by atoms with E-state index in [1.165, 1.54) is 6.08 Å². The van der Waals surface area contributed by atoms with Crippen LogP contribution in [0.2, 0.25) is 5.32 Å². The van der Waals surface area contributed by atoms with Crippen molar-refractivity contribution in [1.29, 1.82) is 0 Å². The van der Waals surface area contributed by atoms with Gasteiger partial charge in [0.15, 0.2) is 0 Å². The molecule has 3 atom stereocenters. The summed E-state index contributed by atoms with van der Waals surface area (Å²) in [5, 5.41) is 0.713. The first-order valence-electron chi connectivity index (χ1n) is 7.17. The fraction of sp³-hybridized carbons (Fsp3) is 0.467. The summed E-state index contributed by atoms with van der Waals surface area (Å²) in [6.45, 7) is 3.60. The summed E-state index contributed by atoms with van der Waals surface area (Å²) >= 11 is 0.113. The van der Waals surface area contributed by atoms with Crippen molar-refractivity contribution in [1.82, 2.24) is 0 Å². The minimum atomic E-state index is -5.72. The molecule has 0 fully saturated rings. The number of alkyl halides is 3. The van der Waals surface area contributed by atoms with Gasteiger partial charge < -0.3 is 0 Å². The van der Waals surface area contributed by atoms with Crippen LogP contribution in [-0.2, 0) is 19.0 Å².